The van der Waals surface area contributed by atoms with Gasteiger partial charge in [0, 0.05) is 30.6 Å². The Balaban J connectivity index is 1.59. The van der Waals surface area contributed by atoms with Crippen molar-refractivity contribution in [2.75, 3.05) is 26.7 Å². The maximum atomic E-state index is 11.7. The van der Waals surface area contributed by atoms with Crippen molar-refractivity contribution in [1.82, 2.24) is 10.2 Å². The Hall–Kier alpha value is -2.21. The summed E-state index contributed by atoms with van der Waals surface area (Å²) in [6.07, 6.45) is 0.556. The quantitative estimate of drug-likeness (QED) is 0.920. The van der Waals surface area contributed by atoms with Gasteiger partial charge in [0.2, 0.25) is 0 Å². The molecule has 25 heavy (non-hydrogen) atoms. The smallest absolute Gasteiger partial charge is 0.407 e. The van der Waals surface area contributed by atoms with E-state index < -0.39 is 5.60 Å². The number of fused-ring (bicyclic) bond motifs is 3. The van der Waals surface area contributed by atoms with Crippen molar-refractivity contribution in [3.63, 3.8) is 0 Å². The summed E-state index contributed by atoms with van der Waals surface area (Å²) in [6, 6.07) is 5.99. The van der Waals surface area contributed by atoms with Gasteiger partial charge in [-0.3, -0.25) is 4.90 Å². The van der Waals surface area contributed by atoms with E-state index in [1.807, 2.05) is 32.9 Å². The van der Waals surface area contributed by atoms with Crippen LogP contribution >= 0.6 is 0 Å². The Labute approximate surface area is 148 Å². The van der Waals surface area contributed by atoms with Gasteiger partial charge in [0.1, 0.15) is 11.4 Å². The molecule has 2 heterocycles. The summed E-state index contributed by atoms with van der Waals surface area (Å²) in [4.78, 5) is 14.0. The maximum absolute atomic E-state index is 11.7. The fourth-order valence-corrected chi connectivity index (χ4v) is 3.13. The number of carbonyl (C=O) groups is 1. The van der Waals surface area contributed by atoms with Crippen LogP contribution in [-0.2, 0) is 17.7 Å². The average molecular weight is 346 g/mol. The lowest BCUT2D eigenvalue weighted by molar-refractivity contribution is 0.0520. The van der Waals surface area contributed by atoms with Crippen LogP contribution in [0.15, 0.2) is 22.6 Å². The molecule has 1 aromatic carbocycles. The first kappa shape index (κ1) is 17.6. The van der Waals surface area contributed by atoms with Crippen LogP contribution in [0.3, 0.4) is 0 Å². The summed E-state index contributed by atoms with van der Waals surface area (Å²) in [5.74, 6) is 1.76. The fourth-order valence-electron chi connectivity index (χ4n) is 3.13. The van der Waals surface area contributed by atoms with Crippen molar-refractivity contribution in [3.05, 3.63) is 29.5 Å². The van der Waals surface area contributed by atoms with Gasteiger partial charge in [-0.25, -0.2) is 4.79 Å². The number of amides is 1. The van der Waals surface area contributed by atoms with E-state index in [0.717, 1.165) is 48.5 Å². The highest BCUT2D eigenvalue weighted by molar-refractivity contribution is 5.87. The molecule has 0 fully saturated rings. The van der Waals surface area contributed by atoms with Crippen molar-refractivity contribution < 1.29 is 18.7 Å². The van der Waals surface area contributed by atoms with Gasteiger partial charge in [0.25, 0.3) is 0 Å². The number of hydrogen-bond acceptors (Lipinski definition) is 5. The second kappa shape index (κ2) is 6.96. The molecule has 0 saturated heterocycles. The van der Waals surface area contributed by atoms with Crippen LogP contribution in [-0.4, -0.2) is 43.3 Å². The number of hydrogen-bond donors (Lipinski definition) is 1. The van der Waals surface area contributed by atoms with Crippen LogP contribution in [0.5, 0.6) is 5.75 Å². The van der Waals surface area contributed by atoms with E-state index in [1.54, 1.807) is 7.11 Å². The topological polar surface area (TPSA) is 63.9 Å². The molecular formula is C19H26N2O4. The minimum Gasteiger partial charge on any atom is -0.493 e. The second-order valence-electron chi connectivity index (χ2n) is 7.30. The summed E-state index contributed by atoms with van der Waals surface area (Å²) < 4.78 is 16.7. The number of alkyl carbamates (subject to hydrolysis) is 1. The number of furan rings is 1. The number of para-hydroxylation sites is 1. The fraction of sp³-hybridized carbons (Fsp3) is 0.526. The summed E-state index contributed by atoms with van der Waals surface area (Å²) in [5, 5.41) is 3.94. The molecule has 0 atom stereocenters. The zero-order valence-corrected chi connectivity index (χ0v) is 15.3. The lowest BCUT2D eigenvalue weighted by atomic mass is 10.0. The van der Waals surface area contributed by atoms with Gasteiger partial charge in [-0.05, 0) is 33.3 Å². The Kier molecular flexibility index (Phi) is 4.90. The van der Waals surface area contributed by atoms with Crippen LogP contribution in [0.25, 0.3) is 11.0 Å². The van der Waals surface area contributed by atoms with E-state index in [9.17, 15) is 4.79 Å². The van der Waals surface area contributed by atoms with Crippen LogP contribution in [0.1, 0.15) is 32.1 Å². The first-order valence-electron chi connectivity index (χ1n) is 8.64. The molecule has 1 aromatic heterocycles. The van der Waals surface area contributed by atoms with E-state index >= 15 is 0 Å². The zero-order valence-electron chi connectivity index (χ0n) is 15.3. The molecule has 136 valence electrons. The highest BCUT2D eigenvalue weighted by Crippen LogP contribution is 2.35. The standard InChI is InChI=1S/C19H26N2O4/c1-19(2,3)25-18(22)20-9-11-21-10-8-13-14-6-5-7-15(23-4)17(14)24-16(13)12-21/h5-7H,8-12H2,1-4H3,(H,20,22). The van der Waals surface area contributed by atoms with Gasteiger partial charge in [0.15, 0.2) is 11.3 Å². The number of benzene rings is 1. The Morgan fingerprint density at radius 3 is 2.88 bits per heavy atom. The molecule has 1 N–H and O–H groups in total. The molecule has 2 aromatic rings. The number of rotatable bonds is 4. The first-order valence-corrected chi connectivity index (χ1v) is 8.64. The zero-order chi connectivity index (χ0) is 18.0. The minimum atomic E-state index is -0.475. The SMILES string of the molecule is COc1cccc2c3c(oc12)CN(CCNC(=O)OC(C)(C)C)CC3. The lowest BCUT2D eigenvalue weighted by Gasteiger charge is -2.26. The Morgan fingerprint density at radius 1 is 1.36 bits per heavy atom. The predicted molar refractivity (Wildman–Crippen MR) is 96.0 cm³/mol. The third-order valence-corrected chi connectivity index (χ3v) is 4.23. The van der Waals surface area contributed by atoms with Crippen molar-refractivity contribution in [2.24, 2.45) is 0 Å². The summed E-state index contributed by atoms with van der Waals surface area (Å²) in [6.45, 7) is 8.55. The third-order valence-electron chi connectivity index (χ3n) is 4.23. The van der Waals surface area contributed by atoms with Gasteiger partial charge in [-0.1, -0.05) is 12.1 Å². The summed E-state index contributed by atoms with van der Waals surface area (Å²) in [7, 11) is 1.66. The molecule has 3 rings (SSSR count). The van der Waals surface area contributed by atoms with Crippen LogP contribution in [0.2, 0.25) is 0 Å². The lowest BCUT2D eigenvalue weighted by Crippen LogP contribution is -2.39. The highest BCUT2D eigenvalue weighted by Gasteiger charge is 2.24. The molecule has 0 radical (unpaired) electrons. The molecule has 0 saturated carbocycles. The van der Waals surface area contributed by atoms with E-state index in [0.29, 0.717) is 6.54 Å². The van der Waals surface area contributed by atoms with Crippen molar-refractivity contribution >= 4 is 17.1 Å². The van der Waals surface area contributed by atoms with Crippen molar-refractivity contribution in [3.8, 4) is 5.75 Å². The van der Waals surface area contributed by atoms with Gasteiger partial charge in [-0.2, -0.15) is 0 Å². The third kappa shape index (κ3) is 4.07. The molecule has 0 unspecified atom stereocenters. The number of nitrogens with one attached hydrogen (secondary N) is 1. The Bertz CT molecular complexity index is 761. The van der Waals surface area contributed by atoms with E-state index in [-0.39, 0.29) is 6.09 Å². The molecule has 6 nitrogen and oxygen atoms in total. The molecule has 1 amide bonds. The van der Waals surface area contributed by atoms with Gasteiger partial charge in [-0.15, -0.1) is 0 Å². The molecule has 0 spiro atoms. The first-order chi connectivity index (χ1) is 11.9. The van der Waals surface area contributed by atoms with E-state index in [2.05, 4.69) is 16.3 Å². The maximum Gasteiger partial charge on any atom is 0.407 e. The minimum absolute atomic E-state index is 0.376. The largest absolute Gasteiger partial charge is 0.493 e. The van der Waals surface area contributed by atoms with Gasteiger partial charge >= 0.3 is 6.09 Å². The summed E-state index contributed by atoms with van der Waals surface area (Å²) >= 11 is 0. The van der Waals surface area contributed by atoms with Crippen molar-refractivity contribution in [2.45, 2.75) is 39.3 Å². The van der Waals surface area contributed by atoms with Crippen LogP contribution < -0.4 is 10.1 Å². The van der Waals surface area contributed by atoms with E-state index in [1.165, 1.54) is 5.56 Å². The molecular weight excluding hydrogens is 320 g/mol. The van der Waals surface area contributed by atoms with Crippen LogP contribution in [0, 0.1) is 0 Å². The monoisotopic (exact) mass is 346 g/mol. The number of nitrogens with zero attached hydrogens (tertiary/aromatic N) is 1. The number of carbonyl (C=O) groups excluding carboxylic acids is 1. The molecule has 0 bridgehead atoms. The predicted octanol–water partition coefficient (Wildman–Crippen LogP) is 3.32. The molecule has 6 heteroatoms. The molecule has 1 aliphatic heterocycles. The van der Waals surface area contributed by atoms with E-state index in [4.69, 9.17) is 13.9 Å². The summed E-state index contributed by atoms with van der Waals surface area (Å²) in [5.41, 5.74) is 1.62. The normalized spacial score (nSPS) is 15.0. The number of ether oxygens (including phenoxy) is 2. The van der Waals surface area contributed by atoms with Gasteiger partial charge < -0.3 is 19.2 Å². The molecule has 1 aliphatic rings. The van der Waals surface area contributed by atoms with Crippen LogP contribution in [0.4, 0.5) is 4.79 Å². The van der Waals surface area contributed by atoms with Gasteiger partial charge in [0.05, 0.1) is 13.7 Å². The second-order valence-corrected chi connectivity index (χ2v) is 7.30. The Morgan fingerprint density at radius 2 is 2.16 bits per heavy atom. The molecule has 0 aliphatic carbocycles. The van der Waals surface area contributed by atoms with Crippen molar-refractivity contribution in [1.29, 1.82) is 0 Å². The highest BCUT2D eigenvalue weighted by atomic mass is 16.6. The number of methoxy groups -OCH3 is 1. The average Bonchev–Trinajstić information content (AvgIpc) is 2.90.